The molecule has 3 nitrogen and oxygen atoms in total. The van der Waals surface area contributed by atoms with Crippen LogP contribution in [0, 0.1) is 25.5 Å². The van der Waals surface area contributed by atoms with Gasteiger partial charge in [-0.1, -0.05) is 18.2 Å². The molecule has 2 aromatic heterocycles. The van der Waals surface area contributed by atoms with Gasteiger partial charge in [0, 0.05) is 36.4 Å². The SMILES string of the molecule is Cc1[nH]c2c(C(Cc3ccccc3F)N(C)c3ccc(F)cc3)nccc2c1C. The van der Waals surface area contributed by atoms with Crippen LogP contribution in [0.1, 0.15) is 28.6 Å². The zero-order valence-corrected chi connectivity index (χ0v) is 16.7. The Kier molecular flexibility index (Phi) is 5.05. The number of halogens is 2. The maximum Gasteiger partial charge on any atom is 0.126 e. The number of hydrogen-bond donors (Lipinski definition) is 1. The van der Waals surface area contributed by atoms with Crippen LogP contribution >= 0.6 is 0 Å². The van der Waals surface area contributed by atoms with Crippen LogP contribution in [0.25, 0.3) is 10.9 Å². The van der Waals surface area contributed by atoms with E-state index in [0.717, 1.165) is 28.0 Å². The van der Waals surface area contributed by atoms with Gasteiger partial charge < -0.3 is 9.88 Å². The molecule has 1 atom stereocenters. The summed E-state index contributed by atoms with van der Waals surface area (Å²) in [6, 6.07) is 14.9. The summed E-state index contributed by atoms with van der Waals surface area (Å²) in [5, 5.41) is 1.11. The van der Waals surface area contributed by atoms with Crippen molar-refractivity contribution in [1.82, 2.24) is 9.97 Å². The van der Waals surface area contributed by atoms with E-state index in [1.165, 1.54) is 23.8 Å². The highest BCUT2D eigenvalue weighted by Crippen LogP contribution is 2.33. The average Bonchev–Trinajstić information content (AvgIpc) is 3.02. The maximum atomic E-state index is 14.5. The Morgan fingerprint density at radius 3 is 2.45 bits per heavy atom. The van der Waals surface area contributed by atoms with Gasteiger partial charge in [-0.2, -0.15) is 0 Å². The second-order valence-electron chi connectivity index (χ2n) is 7.39. The molecule has 0 spiro atoms. The number of aromatic nitrogens is 2. The molecule has 1 N–H and O–H groups in total. The van der Waals surface area contributed by atoms with Gasteiger partial charge in [0.15, 0.2) is 0 Å². The lowest BCUT2D eigenvalue weighted by molar-refractivity contribution is 0.580. The van der Waals surface area contributed by atoms with Gasteiger partial charge in [-0.05, 0) is 61.4 Å². The number of nitrogens with one attached hydrogen (secondary N) is 1. The number of rotatable bonds is 5. The lowest BCUT2D eigenvalue weighted by Gasteiger charge is -2.30. The predicted molar refractivity (Wildman–Crippen MR) is 113 cm³/mol. The molecule has 148 valence electrons. The molecule has 2 heterocycles. The Hall–Kier alpha value is -3.21. The number of hydrogen-bond acceptors (Lipinski definition) is 2. The summed E-state index contributed by atoms with van der Waals surface area (Å²) in [4.78, 5) is 10.2. The first kappa shape index (κ1) is 19.1. The third kappa shape index (κ3) is 3.60. The Morgan fingerprint density at radius 1 is 1.00 bits per heavy atom. The van der Waals surface area contributed by atoms with Crippen LogP contribution in [0.5, 0.6) is 0 Å². The quantitative estimate of drug-likeness (QED) is 0.461. The minimum absolute atomic E-state index is 0.237. The molecule has 0 amide bonds. The van der Waals surface area contributed by atoms with E-state index < -0.39 is 0 Å². The van der Waals surface area contributed by atoms with E-state index in [2.05, 4.69) is 16.9 Å². The van der Waals surface area contributed by atoms with E-state index >= 15 is 0 Å². The third-order valence-corrected chi connectivity index (χ3v) is 5.65. The van der Waals surface area contributed by atoms with Crippen molar-refractivity contribution < 1.29 is 8.78 Å². The molecule has 4 aromatic rings. The Morgan fingerprint density at radius 2 is 1.72 bits per heavy atom. The zero-order valence-electron chi connectivity index (χ0n) is 16.7. The minimum Gasteiger partial charge on any atom is -0.366 e. The summed E-state index contributed by atoms with van der Waals surface area (Å²) in [6.45, 7) is 4.11. The fraction of sp³-hybridized carbons (Fsp3) is 0.208. The predicted octanol–water partition coefficient (Wildman–Crippen LogP) is 5.88. The molecule has 2 aromatic carbocycles. The molecule has 0 aliphatic carbocycles. The summed E-state index contributed by atoms with van der Waals surface area (Å²) >= 11 is 0. The number of fused-ring (bicyclic) bond motifs is 1. The summed E-state index contributed by atoms with van der Waals surface area (Å²) in [6.07, 6.45) is 2.23. The average molecular weight is 391 g/mol. The first-order chi connectivity index (χ1) is 14.0. The standard InChI is InChI=1S/C24H23F2N3/c1-15-16(2)28-23-20(15)12-13-27-24(23)22(14-17-6-4-5-7-21(17)26)29(3)19-10-8-18(25)9-11-19/h4-13,22,28H,14H2,1-3H3. The number of nitrogens with zero attached hydrogens (tertiary/aromatic N) is 2. The number of anilines is 1. The zero-order chi connectivity index (χ0) is 20.5. The van der Waals surface area contributed by atoms with Crippen molar-refractivity contribution >= 4 is 16.6 Å². The van der Waals surface area contributed by atoms with Crippen LogP contribution in [-0.4, -0.2) is 17.0 Å². The molecular weight excluding hydrogens is 368 g/mol. The molecule has 1 unspecified atom stereocenters. The van der Waals surface area contributed by atoms with Gasteiger partial charge in [-0.3, -0.25) is 4.98 Å². The van der Waals surface area contributed by atoms with Crippen LogP contribution in [0.3, 0.4) is 0 Å². The maximum absolute atomic E-state index is 14.5. The van der Waals surface area contributed by atoms with Crippen molar-refractivity contribution in [3.8, 4) is 0 Å². The molecule has 0 aliphatic heterocycles. The lowest BCUT2D eigenvalue weighted by atomic mass is 9.98. The second-order valence-corrected chi connectivity index (χ2v) is 7.39. The number of H-pyrrole nitrogens is 1. The fourth-order valence-corrected chi connectivity index (χ4v) is 3.80. The van der Waals surface area contributed by atoms with Gasteiger partial charge in [-0.15, -0.1) is 0 Å². The summed E-state index contributed by atoms with van der Waals surface area (Å²) in [5.41, 5.74) is 5.52. The van der Waals surface area contributed by atoms with Gasteiger partial charge >= 0.3 is 0 Å². The minimum atomic E-state index is -0.288. The van der Waals surface area contributed by atoms with E-state index in [-0.39, 0.29) is 17.7 Å². The Bertz CT molecular complexity index is 1150. The van der Waals surface area contributed by atoms with Gasteiger partial charge in [0.25, 0.3) is 0 Å². The van der Waals surface area contributed by atoms with E-state index in [1.807, 2.05) is 31.0 Å². The molecule has 4 rings (SSSR count). The van der Waals surface area contributed by atoms with Crippen molar-refractivity contribution in [1.29, 1.82) is 0 Å². The van der Waals surface area contributed by atoms with Gasteiger partial charge in [0.2, 0.25) is 0 Å². The topological polar surface area (TPSA) is 31.9 Å². The lowest BCUT2D eigenvalue weighted by Crippen LogP contribution is -2.27. The van der Waals surface area contributed by atoms with E-state index in [1.54, 1.807) is 30.5 Å². The Balaban J connectivity index is 1.85. The summed E-state index contributed by atoms with van der Waals surface area (Å²) < 4.78 is 27.9. The Labute approximate surface area is 169 Å². The van der Waals surface area contributed by atoms with E-state index in [0.29, 0.717) is 12.0 Å². The monoisotopic (exact) mass is 391 g/mol. The normalized spacial score (nSPS) is 12.3. The molecule has 0 fully saturated rings. The summed E-state index contributed by atoms with van der Waals surface area (Å²) in [7, 11) is 1.93. The number of benzene rings is 2. The molecule has 0 saturated carbocycles. The molecular formula is C24H23F2N3. The van der Waals surface area contributed by atoms with E-state index in [9.17, 15) is 8.78 Å². The molecule has 0 bridgehead atoms. The van der Waals surface area contributed by atoms with Crippen molar-refractivity contribution in [2.24, 2.45) is 0 Å². The first-order valence-electron chi connectivity index (χ1n) is 9.61. The highest BCUT2D eigenvalue weighted by molar-refractivity contribution is 5.86. The van der Waals surface area contributed by atoms with Crippen LogP contribution in [-0.2, 0) is 6.42 Å². The van der Waals surface area contributed by atoms with Crippen molar-refractivity contribution in [3.63, 3.8) is 0 Å². The van der Waals surface area contributed by atoms with Crippen molar-refractivity contribution in [2.45, 2.75) is 26.3 Å². The number of likely N-dealkylation sites (N-methyl/N-ethyl adjacent to an activating group) is 1. The molecule has 0 saturated heterocycles. The van der Waals surface area contributed by atoms with Crippen molar-refractivity contribution in [3.05, 3.63) is 94.9 Å². The molecule has 0 aliphatic rings. The van der Waals surface area contributed by atoms with Crippen LogP contribution in [0.15, 0.2) is 60.8 Å². The van der Waals surface area contributed by atoms with Crippen LogP contribution < -0.4 is 4.90 Å². The largest absolute Gasteiger partial charge is 0.366 e. The number of aromatic amines is 1. The number of pyridine rings is 1. The van der Waals surface area contributed by atoms with Gasteiger partial charge in [0.1, 0.15) is 11.6 Å². The number of aryl methyl sites for hydroxylation is 2. The second kappa shape index (κ2) is 7.66. The highest BCUT2D eigenvalue weighted by atomic mass is 19.1. The fourth-order valence-electron chi connectivity index (χ4n) is 3.80. The van der Waals surface area contributed by atoms with Gasteiger partial charge in [-0.25, -0.2) is 8.78 Å². The smallest absolute Gasteiger partial charge is 0.126 e. The molecule has 5 heteroatoms. The molecule has 29 heavy (non-hydrogen) atoms. The van der Waals surface area contributed by atoms with Crippen LogP contribution in [0.4, 0.5) is 14.5 Å². The van der Waals surface area contributed by atoms with Crippen molar-refractivity contribution in [2.75, 3.05) is 11.9 Å². The third-order valence-electron chi connectivity index (χ3n) is 5.65. The van der Waals surface area contributed by atoms with E-state index in [4.69, 9.17) is 0 Å². The van der Waals surface area contributed by atoms with Gasteiger partial charge in [0.05, 0.1) is 17.3 Å². The first-order valence-corrected chi connectivity index (χ1v) is 9.61. The summed E-state index contributed by atoms with van der Waals surface area (Å²) in [5.74, 6) is -0.528. The molecule has 0 radical (unpaired) electrons. The van der Waals surface area contributed by atoms with Crippen LogP contribution in [0.2, 0.25) is 0 Å². The highest BCUT2D eigenvalue weighted by Gasteiger charge is 2.24.